The van der Waals surface area contributed by atoms with Crippen LogP contribution in [-0.2, 0) is 12.8 Å². The third-order valence-electron chi connectivity index (χ3n) is 5.93. The van der Waals surface area contributed by atoms with E-state index in [2.05, 4.69) is 36.2 Å². The first-order valence-corrected chi connectivity index (χ1v) is 11.9. The van der Waals surface area contributed by atoms with Crippen LogP contribution >= 0.6 is 0 Å². The molecule has 30 heavy (non-hydrogen) atoms. The lowest BCUT2D eigenvalue weighted by molar-refractivity contribution is 0.467. The first-order chi connectivity index (χ1) is 14.7. The molecule has 0 bridgehead atoms. The molecule has 1 N–H and O–H groups in total. The standard InChI is InChI=1S/C26H37N3O/c1-3-5-6-7-8-9-10-11-12-13-14-22-16-18-26(30)25(20-22)29-27-23-17-15-21(4-2)19-24(23)28-29/h15-20,30H,3-14H2,1-2H3. The predicted molar refractivity (Wildman–Crippen MR) is 125 cm³/mol. The van der Waals surface area contributed by atoms with Gasteiger partial charge in [-0.3, -0.25) is 0 Å². The molecule has 0 radical (unpaired) electrons. The number of hydrogen-bond donors (Lipinski definition) is 1. The van der Waals surface area contributed by atoms with Crippen molar-refractivity contribution in [1.82, 2.24) is 15.0 Å². The second-order valence-electron chi connectivity index (χ2n) is 8.42. The molecule has 0 aliphatic carbocycles. The van der Waals surface area contributed by atoms with Gasteiger partial charge in [0.1, 0.15) is 22.5 Å². The predicted octanol–water partition coefficient (Wildman–Crippen LogP) is 7.15. The Kier molecular flexibility index (Phi) is 8.73. The molecule has 162 valence electrons. The topological polar surface area (TPSA) is 50.9 Å². The summed E-state index contributed by atoms with van der Waals surface area (Å²) in [6, 6.07) is 12.0. The molecule has 0 aliphatic rings. The fourth-order valence-corrected chi connectivity index (χ4v) is 3.99. The van der Waals surface area contributed by atoms with Crippen LogP contribution in [0.5, 0.6) is 5.75 Å². The highest BCUT2D eigenvalue weighted by molar-refractivity contribution is 5.74. The maximum absolute atomic E-state index is 10.4. The van der Waals surface area contributed by atoms with Crippen LogP contribution in [0.4, 0.5) is 0 Å². The van der Waals surface area contributed by atoms with Gasteiger partial charge in [0.15, 0.2) is 0 Å². The highest BCUT2D eigenvalue weighted by Crippen LogP contribution is 2.24. The number of aryl methyl sites for hydroxylation is 2. The zero-order chi connectivity index (χ0) is 21.2. The summed E-state index contributed by atoms with van der Waals surface area (Å²) in [6.45, 7) is 4.40. The minimum atomic E-state index is 0.220. The molecule has 1 aromatic heterocycles. The molecule has 3 aromatic rings. The van der Waals surface area contributed by atoms with E-state index in [-0.39, 0.29) is 5.75 Å². The number of phenols is 1. The van der Waals surface area contributed by atoms with Crippen molar-refractivity contribution in [2.45, 2.75) is 90.9 Å². The van der Waals surface area contributed by atoms with Crippen LogP contribution in [-0.4, -0.2) is 20.1 Å². The minimum Gasteiger partial charge on any atom is -0.506 e. The average molecular weight is 408 g/mol. The lowest BCUT2D eigenvalue weighted by atomic mass is 10.0. The van der Waals surface area contributed by atoms with Gasteiger partial charge in [0.2, 0.25) is 0 Å². The van der Waals surface area contributed by atoms with Crippen molar-refractivity contribution < 1.29 is 5.11 Å². The smallest absolute Gasteiger partial charge is 0.143 e. The van der Waals surface area contributed by atoms with Gasteiger partial charge in [-0.1, -0.05) is 83.8 Å². The van der Waals surface area contributed by atoms with E-state index in [0.717, 1.165) is 23.9 Å². The maximum atomic E-state index is 10.4. The summed E-state index contributed by atoms with van der Waals surface area (Å²) in [5.41, 5.74) is 4.86. The van der Waals surface area contributed by atoms with Gasteiger partial charge in [-0.2, -0.15) is 0 Å². The van der Waals surface area contributed by atoms with E-state index in [4.69, 9.17) is 0 Å². The van der Waals surface area contributed by atoms with Crippen LogP contribution in [0.1, 0.15) is 89.2 Å². The van der Waals surface area contributed by atoms with Gasteiger partial charge in [-0.25, -0.2) is 0 Å². The van der Waals surface area contributed by atoms with E-state index in [9.17, 15) is 5.11 Å². The summed E-state index contributed by atoms with van der Waals surface area (Å²) >= 11 is 0. The number of benzene rings is 2. The van der Waals surface area contributed by atoms with Gasteiger partial charge in [0.25, 0.3) is 0 Å². The molecular formula is C26H37N3O. The third-order valence-corrected chi connectivity index (χ3v) is 5.93. The molecule has 0 saturated carbocycles. The molecule has 0 amide bonds. The minimum absolute atomic E-state index is 0.220. The molecule has 0 atom stereocenters. The highest BCUT2D eigenvalue weighted by atomic mass is 16.3. The molecule has 4 nitrogen and oxygen atoms in total. The quantitative estimate of drug-likeness (QED) is 0.306. The maximum Gasteiger partial charge on any atom is 0.143 e. The average Bonchev–Trinajstić information content (AvgIpc) is 3.19. The zero-order valence-corrected chi connectivity index (χ0v) is 18.7. The van der Waals surface area contributed by atoms with Crippen LogP contribution in [0.2, 0.25) is 0 Å². The first kappa shape index (κ1) is 22.3. The second-order valence-corrected chi connectivity index (χ2v) is 8.42. The molecule has 3 rings (SSSR count). The molecule has 0 saturated heterocycles. The summed E-state index contributed by atoms with van der Waals surface area (Å²) in [5, 5.41) is 19.5. The summed E-state index contributed by atoms with van der Waals surface area (Å²) in [6.07, 6.45) is 15.4. The zero-order valence-electron chi connectivity index (χ0n) is 18.7. The number of aromatic hydroxyl groups is 1. The Balaban J connectivity index is 1.50. The Bertz CT molecular complexity index is 916. The number of hydrogen-bond acceptors (Lipinski definition) is 3. The fraction of sp³-hybridized carbons (Fsp3) is 0.538. The fourth-order valence-electron chi connectivity index (χ4n) is 3.99. The summed E-state index contributed by atoms with van der Waals surface area (Å²) in [4.78, 5) is 1.57. The second kappa shape index (κ2) is 11.7. The number of aromatic nitrogens is 3. The van der Waals surface area contributed by atoms with Crippen LogP contribution in [0, 0.1) is 0 Å². The summed E-state index contributed by atoms with van der Waals surface area (Å²) in [7, 11) is 0. The molecule has 0 fully saturated rings. The number of rotatable bonds is 13. The Hall–Kier alpha value is -2.36. The van der Waals surface area contributed by atoms with Gasteiger partial charge < -0.3 is 5.11 Å². The van der Waals surface area contributed by atoms with Crippen molar-refractivity contribution in [1.29, 1.82) is 0 Å². The van der Waals surface area contributed by atoms with Crippen LogP contribution < -0.4 is 0 Å². The van der Waals surface area contributed by atoms with Gasteiger partial charge in [0, 0.05) is 0 Å². The van der Waals surface area contributed by atoms with Gasteiger partial charge in [-0.15, -0.1) is 15.0 Å². The van der Waals surface area contributed by atoms with E-state index >= 15 is 0 Å². The summed E-state index contributed by atoms with van der Waals surface area (Å²) < 4.78 is 0. The van der Waals surface area contributed by atoms with Crippen LogP contribution in [0.3, 0.4) is 0 Å². The number of unbranched alkanes of at least 4 members (excludes halogenated alkanes) is 9. The lowest BCUT2D eigenvalue weighted by Gasteiger charge is -2.07. The molecule has 0 unspecified atom stereocenters. The number of phenolic OH excluding ortho intramolecular Hbond substituents is 1. The summed E-state index contributed by atoms with van der Waals surface area (Å²) in [5.74, 6) is 0.220. The van der Waals surface area contributed by atoms with E-state index < -0.39 is 0 Å². The lowest BCUT2D eigenvalue weighted by Crippen LogP contribution is -2.00. The van der Waals surface area contributed by atoms with E-state index in [0.29, 0.717) is 5.69 Å². The Morgan fingerprint density at radius 2 is 1.33 bits per heavy atom. The first-order valence-electron chi connectivity index (χ1n) is 11.9. The van der Waals surface area contributed by atoms with Crippen LogP contribution in [0.15, 0.2) is 36.4 Å². The Morgan fingerprint density at radius 3 is 2.03 bits per heavy atom. The molecule has 0 aliphatic heterocycles. The van der Waals surface area contributed by atoms with Crippen molar-refractivity contribution >= 4 is 11.0 Å². The third kappa shape index (κ3) is 6.32. The number of fused-ring (bicyclic) bond motifs is 1. The van der Waals surface area contributed by atoms with Crippen molar-refractivity contribution in [3.05, 3.63) is 47.5 Å². The molecule has 4 heteroatoms. The van der Waals surface area contributed by atoms with Crippen LogP contribution in [0.25, 0.3) is 16.7 Å². The normalized spacial score (nSPS) is 11.4. The molecule has 1 heterocycles. The molecule has 2 aromatic carbocycles. The monoisotopic (exact) mass is 407 g/mol. The van der Waals surface area contributed by atoms with Gasteiger partial charge >= 0.3 is 0 Å². The SMILES string of the molecule is CCCCCCCCCCCCc1ccc(O)c(-n2nc3ccc(CC)cc3n2)c1. The van der Waals surface area contributed by atoms with Crippen molar-refractivity contribution in [2.24, 2.45) is 0 Å². The van der Waals surface area contributed by atoms with Gasteiger partial charge in [0.05, 0.1) is 0 Å². The largest absolute Gasteiger partial charge is 0.506 e. The van der Waals surface area contributed by atoms with E-state index in [1.807, 2.05) is 18.2 Å². The number of nitrogens with zero attached hydrogens (tertiary/aromatic N) is 3. The highest BCUT2D eigenvalue weighted by Gasteiger charge is 2.10. The Labute approximate surface area is 181 Å². The van der Waals surface area contributed by atoms with E-state index in [1.54, 1.807) is 10.9 Å². The van der Waals surface area contributed by atoms with Crippen molar-refractivity contribution in [3.63, 3.8) is 0 Å². The van der Waals surface area contributed by atoms with Crippen molar-refractivity contribution in [3.8, 4) is 11.4 Å². The van der Waals surface area contributed by atoms with Crippen molar-refractivity contribution in [2.75, 3.05) is 0 Å². The van der Waals surface area contributed by atoms with E-state index in [1.165, 1.54) is 75.3 Å². The Morgan fingerprint density at radius 1 is 0.700 bits per heavy atom. The molecule has 0 spiro atoms. The molecular weight excluding hydrogens is 370 g/mol. The van der Waals surface area contributed by atoms with Gasteiger partial charge in [-0.05, 0) is 54.7 Å².